The topological polar surface area (TPSA) is 146 Å². The first-order chi connectivity index (χ1) is 17.5. The molecule has 2 aliphatic heterocycles. The second-order valence-corrected chi connectivity index (χ2v) is 7.63. The van der Waals surface area contributed by atoms with Crippen molar-refractivity contribution < 1.29 is 43.2 Å². The highest BCUT2D eigenvalue weighted by molar-refractivity contribution is 6.36. The van der Waals surface area contributed by atoms with Crippen molar-refractivity contribution in [1.29, 1.82) is 0 Å². The second-order valence-electron chi connectivity index (χ2n) is 7.63. The van der Waals surface area contributed by atoms with Gasteiger partial charge in [0.2, 0.25) is 18.3 Å². The molecule has 1 amide bonds. The molecule has 0 aliphatic carbocycles. The summed E-state index contributed by atoms with van der Waals surface area (Å²) in [5.41, 5.74) is 3.66. The van der Waals surface area contributed by atoms with Gasteiger partial charge >= 0.3 is 5.97 Å². The van der Waals surface area contributed by atoms with Crippen LogP contribution in [0.4, 0.5) is 0 Å². The maximum atomic E-state index is 12.5. The van der Waals surface area contributed by atoms with Crippen LogP contribution in [0.2, 0.25) is 0 Å². The van der Waals surface area contributed by atoms with Gasteiger partial charge in [-0.05, 0) is 19.1 Å². The highest BCUT2D eigenvalue weighted by Gasteiger charge is 2.34. The number of oxime groups is 1. The van der Waals surface area contributed by atoms with Crippen molar-refractivity contribution >= 4 is 23.8 Å². The van der Waals surface area contributed by atoms with E-state index in [9.17, 15) is 14.7 Å². The number of phenols is 1. The Morgan fingerprint density at radius 3 is 2.67 bits per heavy atom. The molecule has 0 aromatic heterocycles. The van der Waals surface area contributed by atoms with Gasteiger partial charge in [-0.1, -0.05) is 17.3 Å². The van der Waals surface area contributed by atoms with Crippen LogP contribution in [0.1, 0.15) is 34.8 Å². The highest BCUT2D eigenvalue weighted by atomic mass is 16.7. The monoisotopic (exact) mass is 499 g/mol. The molecule has 2 heterocycles. The molecule has 0 radical (unpaired) electrons. The number of phenolic OH excluding ortho intramolecular Hbond substituents is 1. The fourth-order valence-corrected chi connectivity index (χ4v) is 3.87. The van der Waals surface area contributed by atoms with Crippen LogP contribution in [0.3, 0.4) is 0 Å². The zero-order valence-corrected chi connectivity index (χ0v) is 19.9. The summed E-state index contributed by atoms with van der Waals surface area (Å²) < 4.78 is 27.4. The predicted octanol–water partition coefficient (Wildman–Crippen LogP) is 2.15. The number of nitrogens with one attached hydrogen (secondary N) is 1. The van der Waals surface area contributed by atoms with Crippen molar-refractivity contribution in [1.82, 2.24) is 5.43 Å². The second kappa shape index (κ2) is 10.8. The lowest BCUT2D eigenvalue weighted by molar-refractivity contribution is -0.135. The Labute approximate surface area is 206 Å². The fraction of sp³-hybridized carbons (Fsp3) is 0.333. The van der Waals surface area contributed by atoms with Crippen LogP contribution in [0.5, 0.6) is 28.7 Å². The van der Waals surface area contributed by atoms with Gasteiger partial charge in [-0.15, -0.1) is 0 Å². The molecule has 12 heteroatoms. The first-order valence-corrected chi connectivity index (χ1v) is 11.1. The summed E-state index contributed by atoms with van der Waals surface area (Å²) in [5, 5.41) is 17.8. The van der Waals surface area contributed by atoms with Crippen molar-refractivity contribution in [2.75, 3.05) is 27.6 Å². The zero-order chi connectivity index (χ0) is 25.7. The smallest absolute Gasteiger partial charge is 0.356 e. The highest BCUT2D eigenvalue weighted by Crippen LogP contribution is 2.52. The molecule has 0 saturated carbocycles. The summed E-state index contributed by atoms with van der Waals surface area (Å²) in [7, 11) is 2.94. The first kappa shape index (κ1) is 24.6. The fourth-order valence-electron chi connectivity index (χ4n) is 3.87. The molecule has 0 saturated heterocycles. The van der Waals surface area contributed by atoms with Crippen LogP contribution < -0.4 is 24.4 Å². The number of rotatable bonds is 9. The van der Waals surface area contributed by atoms with E-state index < -0.39 is 18.0 Å². The Morgan fingerprint density at radius 2 is 1.94 bits per heavy atom. The third-order valence-electron chi connectivity index (χ3n) is 5.46. The predicted molar refractivity (Wildman–Crippen MR) is 126 cm³/mol. The van der Waals surface area contributed by atoms with E-state index in [4.69, 9.17) is 28.5 Å². The van der Waals surface area contributed by atoms with E-state index in [0.717, 1.165) is 0 Å². The Hall–Kier alpha value is -4.48. The minimum absolute atomic E-state index is 0.0561. The molecule has 2 aliphatic rings. The number of hydrogen-bond donors (Lipinski definition) is 2. The molecule has 0 fully saturated rings. The number of methoxy groups -OCH3 is 2. The van der Waals surface area contributed by atoms with Crippen LogP contribution in [0.25, 0.3) is 0 Å². The summed E-state index contributed by atoms with van der Waals surface area (Å²) >= 11 is 0. The van der Waals surface area contributed by atoms with Gasteiger partial charge in [0, 0.05) is 24.0 Å². The molecule has 2 N–H and O–H groups in total. The summed E-state index contributed by atoms with van der Waals surface area (Å²) in [5.74, 6) is 0.0135. The largest absolute Gasteiger partial charge is 0.507 e. The van der Waals surface area contributed by atoms with Gasteiger partial charge in [-0.25, -0.2) is 10.2 Å². The molecule has 4 rings (SSSR count). The number of carbonyl (C=O) groups excluding carboxylic acids is 2. The standard InChI is InChI=1S/C24H25N3O9/c1-4-33-24(30)17-10-13(36-27-17)9-15-16(11-25-26-23(29)14-7-5-6-8-18(14)28)20-22(35-12-34-20)21(32-3)19(15)31-2/h5-8,11,13,28H,4,9-10,12H2,1-3H3,(H,26,29)/b25-11+/t13-/m0/s1. The number of amides is 1. The van der Waals surface area contributed by atoms with E-state index in [-0.39, 0.29) is 43.3 Å². The van der Waals surface area contributed by atoms with Gasteiger partial charge in [-0.2, -0.15) is 5.10 Å². The molecular weight excluding hydrogens is 474 g/mol. The Morgan fingerprint density at radius 1 is 1.19 bits per heavy atom. The molecule has 2 aromatic carbocycles. The van der Waals surface area contributed by atoms with Crippen molar-refractivity contribution in [3.8, 4) is 28.7 Å². The maximum absolute atomic E-state index is 12.5. The Kier molecular flexibility index (Phi) is 7.42. The molecule has 2 aromatic rings. The van der Waals surface area contributed by atoms with E-state index in [1.54, 1.807) is 19.1 Å². The van der Waals surface area contributed by atoms with E-state index in [2.05, 4.69) is 15.7 Å². The molecule has 12 nitrogen and oxygen atoms in total. The van der Waals surface area contributed by atoms with E-state index in [0.29, 0.717) is 34.1 Å². The van der Waals surface area contributed by atoms with Crippen LogP contribution in [0.15, 0.2) is 34.5 Å². The lowest BCUT2D eigenvalue weighted by Crippen LogP contribution is -2.20. The van der Waals surface area contributed by atoms with Gasteiger partial charge in [0.05, 0.1) is 32.6 Å². The minimum Gasteiger partial charge on any atom is -0.507 e. The lowest BCUT2D eigenvalue weighted by Gasteiger charge is -2.19. The number of esters is 1. The van der Waals surface area contributed by atoms with E-state index >= 15 is 0 Å². The lowest BCUT2D eigenvalue weighted by atomic mass is 9.96. The SMILES string of the molecule is CCOC(=O)C1=NO[C@@H](Cc2c(/C=N/NC(=O)c3ccccc3O)c3c(c(OC)c2OC)OCO3)C1. The number of ether oxygens (including phenoxy) is 5. The molecule has 0 bridgehead atoms. The summed E-state index contributed by atoms with van der Waals surface area (Å²) in [6.07, 6.45) is 1.33. The number of aromatic hydroxyl groups is 1. The Bertz CT molecular complexity index is 1230. The molecular formula is C24H25N3O9. The number of para-hydroxylation sites is 1. The quantitative estimate of drug-likeness (QED) is 0.301. The molecule has 0 spiro atoms. The average molecular weight is 499 g/mol. The third kappa shape index (κ3) is 4.83. The molecule has 36 heavy (non-hydrogen) atoms. The summed E-state index contributed by atoms with van der Waals surface area (Å²) in [6, 6.07) is 6.09. The maximum Gasteiger partial charge on any atom is 0.356 e. The number of benzene rings is 2. The molecule has 1 atom stereocenters. The van der Waals surface area contributed by atoms with Crippen LogP contribution in [-0.2, 0) is 20.8 Å². The van der Waals surface area contributed by atoms with Crippen LogP contribution in [0, 0.1) is 0 Å². The number of nitrogens with zero attached hydrogens (tertiary/aromatic N) is 2. The van der Waals surface area contributed by atoms with Crippen molar-refractivity contribution in [2.45, 2.75) is 25.9 Å². The van der Waals surface area contributed by atoms with Gasteiger partial charge in [0.25, 0.3) is 5.91 Å². The number of hydrazone groups is 1. The van der Waals surface area contributed by atoms with Gasteiger partial charge in [0.15, 0.2) is 17.2 Å². The van der Waals surface area contributed by atoms with Gasteiger partial charge < -0.3 is 33.6 Å². The van der Waals surface area contributed by atoms with Gasteiger partial charge in [-0.3, -0.25) is 4.79 Å². The number of carbonyl (C=O) groups is 2. The van der Waals surface area contributed by atoms with Crippen molar-refractivity contribution in [3.63, 3.8) is 0 Å². The zero-order valence-electron chi connectivity index (χ0n) is 19.9. The summed E-state index contributed by atoms with van der Waals surface area (Å²) in [6.45, 7) is 1.88. The first-order valence-electron chi connectivity index (χ1n) is 11.1. The average Bonchev–Trinajstić information content (AvgIpc) is 3.55. The Balaban J connectivity index is 1.65. The minimum atomic E-state index is -0.605. The van der Waals surface area contributed by atoms with Crippen molar-refractivity contribution in [2.24, 2.45) is 10.3 Å². The van der Waals surface area contributed by atoms with E-state index in [1.807, 2.05) is 0 Å². The molecule has 0 unspecified atom stereocenters. The van der Waals surface area contributed by atoms with Crippen LogP contribution >= 0.6 is 0 Å². The van der Waals surface area contributed by atoms with E-state index in [1.165, 1.54) is 32.6 Å². The van der Waals surface area contributed by atoms with Gasteiger partial charge in [0.1, 0.15) is 11.9 Å². The van der Waals surface area contributed by atoms with Crippen molar-refractivity contribution in [3.05, 3.63) is 41.0 Å². The summed E-state index contributed by atoms with van der Waals surface area (Å²) in [4.78, 5) is 30.0. The number of hydrogen-bond acceptors (Lipinski definition) is 11. The molecule has 190 valence electrons. The third-order valence-corrected chi connectivity index (χ3v) is 5.46. The normalized spacial score (nSPS) is 15.9. The van der Waals surface area contributed by atoms with Crippen LogP contribution in [-0.4, -0.2) is 62.6 Å². The number of fused-ring (bicyclic) bond motifs is 1.